The van der Waals surface area contributed by atoms with Crippen LogP contribution in [0.3, 0.4) is 0 Å². The second-order valence-corrected chi connectivity index (χ2v) is 3.20. The molecular formula is C10H11FN4. The smallest absolute Gasteiger partial charge is 0.212 e. The number of H-pyrrole nitrogens is 1. The van der Waals surface area contributed by atoms with E-state index in [9.17, 15) is 4.39 Å². The first-order valence-corrected chi connectivity index (χ1v) is 4.60. The normalized spacial score (nSPS) is 10.3. The van der Waals surface area contributed by atoms with Gasteiger partial charge in [0.25, 0.3) is 0 Å². The molecule has 2 heterocycles. The van der Waals surface area contributed by atoms with Crippen molar-refractivity contribution in [3.63, 3.8) is 0 Å². The molecule has 2 aromatic heterocycles. The average molecular weight is 206 g/mol. The first-order valence-electron chi connectivity index (χ1n) is 4.60. The molecule has 15 heavy (non-hydrogen) atoms. The highest BCUT2D eigenvalue weighted by molar-refractivity contribution is 5.40. The van der Waals surface area contributed by atoms with Crippen molar-refractivity contribution in [2.24, 2.45) is 0 Å². The predicted molar refractivity (Wildman–Crippen MR) is 54.8 cm³/mol. The molecular weight excluding hydrogens is 195 g/mol. The number of imidazole rings is 1. The van der Waals surface area contributed by atoms with E-state index in [1.54, 1.807) is 12.4 Å². The van der Waals surface area contributed by atoms with Crippen LogP contribution in [0.1, 0.15) is 11.4 Å². The number of nitrogens with zero attached hydrogens (tertiary/aromatic N) is 2. The van der Waals surface area contributed by atoms with Gasteiger partial charge in [-0.15, -0.1) is 0 Å². The van der Waals surface area contributed by atoms with Crippen LogP contribution in [0, 0.1) is 12.9 Å². The minimum absolute atomic E-state index is 0.475. The minimum Gasteiger partial charge on any atom is -0.378 e. The summed E-state index contributed by atoms with van der Waals surface area (Å²) in [5.74, 6) is -0.475. The molecule has 0 atom stereocenters. The summed E-state index contributed by atoms with van der Waals surface area (Å²) >= 11 is 0. The molecule has 5 heteroatoms. The van der Waals surface area contributed by atoms with Gasteiger partial charge in [-0.05, 0) is 19.1 Å². The molecule has 0 bridgehead atoms. The van der Waals surface area contributed by atoms with Crippen molar-refractivity contribution < 1.29 is 4.39 Å². The third-order valence-corrected chi connectivity index (χ3v) is 2.12. The fourth-order valence-electron chi connectivity index (χ4n) is 1.23. The van der Waals surface area contributed by atoms with E-state index >= 15 is 0 Å². The monoisotopic (exact) mass is 206 g/mol. The van der Waals surface area contributed by atoms with Crippen molar-refractivity contribution >= 4 is 5.69 Å². The Morgan fingerprint density at radius 3 is 2.87 bits per heavy atom. The minimum atomic E-state index is -0.475. The summed E-state index contributed by atoms with van der Waals surface area (Å²) in [6, 6.07) is 2.96. The van der Waals surface area contributed by atoms with E-state index in [1.165, 1.54) is 12.3 Å². The summed E-state index contributed by atoms with van der Waals surface area (Å²) in [5.41, 5.74) is 2.75. The van der Waals surface area contributed by atoms with Crippen LogP contribution < -0.4 is 5.32 Å². The van der Waals surface area contributed by atoms with Gasteiger partial charge in [0.1, 0.15) is 0 Å². The Kier molecular flexibility index (Phi) is 2.62. The second kappa shape index (κ2) is 4.08. The average Bonchev–Trinajstić information content (AvgIpc) is 2.63. The molecule has 0 aliphatic heterocycles. The molecule has 0 spiro atoms. The maximum absolute atomic E-state index is 12.5. The second-order valence-electron chi connectivity index (χ2n) is 3.20. The fourth-order valence-corrected chi connectivity index (χ4v) is 1.23. The zero-order valence-electron chi connectivity index (χ0n) is 8.29. The van der Waals surface area contributed by atoms with Crippen molar-refractivity contribution in [1.29, 1.82) is 0 Å². The highest BCUT2D eigenvalue weighted by Crippen LogP contribution is 2.08. The number of hydrogen-bond acceptors (Lipinski definition) is 3. The fraction of sp³-hybridized carbons (Fsp3) is 0.200. The largest absolute Gasteiger partial charge is 0.378 e. The molecule has 2 rings (SSSR count). The lowest BCUT2D eigenvalue weighted by Gasteiger charge is -2.03. The number of aryl methyl sites for hydroxylation is 1. The third-order valence-electron chi connectivity index (χ3n) is 2.12. The molecule has 0 aliphatic carbocycles. The van der Waals surface area contributed by atoms with Crippen molar-refractivity contribution in [1.82, 2.24) is 15.0 Å². The molecule has 0 radical (unpaired) electrons. The molecule has 0 fully saturated rings. The number of halogens is 1. The van der Waals surface area contributed by atoms with Crippen LogP contribution in [0.15, 0.2) is 24.7 Å². The Bertz CT molecular complexity index is 435. The lowest BCUT2D eigenvalue weighted by Crippen LogP contribution is -2.01. The van der Waals surface area contributed by atoms with Crippen LogP contribution in [0.4, 0.5) is 10.1 Å². The van der Waals surface area contributed by atoms with Gasteiger partial charge in [-0.1, -0.05) is 0 Å². The van der Waals surface area contributed by atoms with E-state index in [4.69, 9.17) is 0 Å². The Balaban J connectivity index is 1.99. The highest BCUT2D eigenvalue weighted by Gasteiger charge is 2.00. The zero-order valence-corrected chi connectivity index (χ0v) is 8.29. The van der Waals surface area contributed by atoms with E-state index in [0.717, 1.165) is 17.1 Å². The van der Waals surface area contributed by atoms with E-state index < -0.39 is 5.95 Å². The van der Waals surface area contributed by atoms with Crippen LogP contribution in [0.5, 0.6) is 0 Å². The first-order chi connectivity index (χ1) is 7.25. The molecule has 0 aliphatic rings. The molecule has 78 valence electrons. The van der Waals surface area contributed by atoms with Gasteiger partial charge >= 0.3 is 0 Å². The van der Waals surface area contributed by atoms with Crippen molar-refractivity contribution in [3.05, 3.63) is 42.0 Å². The van der Waals surface area contributed by atoms with Gasteiger partial charge in [0.15, 0.2) is 0 Å². The highest BCUT2D eigenvalue weighted by atomic mass is 19.1. The van der Waals surface area contributed by atoms with E-state index in [1.807, 2.05) is 6.92 Å². The van der Waals surface area contributed by atoms with Crippen LogP contribution in [0.25, 0.3) is 0 Å². The molecule has 0 amide bonds. The molecule has 2 N–H and O–H groups in total. The van der Waals surface area contributed by atoms with Crippen LogP contribution in [0.2, 0.25) is 0 Å². The number of aromatic amines is 1. The molecule has 0 saturated carbocycles. The molecule has 4 nitrogen and oxygen atoms in total. The summed E-state index contributed by atoms with van der Waals surface area (Å²) < 4.78 is 12.5. The first kappa shape index (κ1) is 9.64. The van der Waals surface area contributed by atoms with E-state index in [2.05, 4.69) is 20.3 Å². The summed E-state index contributed by atoms with van der Waals surface area (Å²) in [6.45, 7) is 2.55. The van der Waals surface area contributed by atoms with Gasteiger partial charge < -0.3 is 10.3 Å². The van der Waals surface area contributed by atoms with Crippen LogP contribution >= 0.6 is 0 Å². The Morgan fingerprint density at radius 1 is 1.40 bits per heavy atom. The lowest BCUT2D eigenvalue weighted by atomic mass is 10.3. The van der Waals surface area contributed by atoms with E-state index in [0.29, 0.717) is 6.54 Å². The Labute approximate surface area is 86.6 Å². The number of pyridine rings is 1. The SMILES string of the molecule is Cc1[nH]cnc1CNc1ccc(F)nc1. The number of nitrogens with one attached hydrogen (secondary N) is 2. The quantitative estimate of drug-likeness (QED) is 0.754. The molecule has 0 unspecified atom stereocenters. The van der Waals surface area contributed by atoms with Gasteiger partial charge in [-0.3, -0.25) is 0 Å². The summed E-state index contributed by atoms with van der Waals surface area (Å²) in [4.78, 5) is 10.7. The van der Waals surface area contributed by atoms with Crippen LogP contribution in [-0.4, -0.2) is 15.0 Å². The van der Waals surface area contributed by atoms with Gasteiger partial charge in [0.05, 0.1) is 30.5 Å². The van der Waals surface area contributed by atoms with Gasteiger partial charge in [-0.2, -0.15) is 4.39 Å². The number of hydrogen-bond donors (Lipinski definition) is 2. The van der Waals surface area contributed by atoms with Gasteiger partial charge in [0.2, 0.25) is 5.95 Å². The van der Waals surface area contributed by atoms with Crippen molar-refractivity contribution in [3.8, 4) is 0 Å². The van der Waals surface area contributed by atoms with Crippen LogP contribution in [-0.2, 0) is 6.54 Å². The zero-order chi connectivity index (χ0) is 10.7. The maximum atomic E-state index is 12.5. The van der Waals surface area contributed by atoms with E-state index in [-0.39, 0.29) is 0 Å². The van der Waals surface area contributed by atoms with Gasteiger partial charge in [0, 0.05) is 5.69 Å². The summed E-state index contributed by atoms with van der Waals surface area (Å²) in [5, 5.41) is 3.10. The molecule has 2 aromatic rings. The number of aromatic nitrogens is 3. The number of rotatable bonds is 3. The Hall–Kier alpha value is -1.91. The molecule has 0 aromatic carbocycles. The number of anilines is 1. The standard InChI is InChI=1S/C10H11FN4/c1-7-9(15-6-14-7)5-12-8-2-3-10(11)13-4-8/h2-4,6,12H,5H2,1H3,(H,14,15). The lowest BCUT2D eigenvalue weighted by molar-refractivity contribution is 0.584. The third kappa shape index (κ3) is 2.31. The van der Waals surface area contributed by atoms with Crippen molar-refractivity contribution in [2.75, 3.05) is 5.32 Å². The summed E-state index contributed by atoms with van der Waals surface area (Å²) in [6.07, 6.45) is 3.10. The molecule has 0 saturated heterocycles. The van der Waals surface area contributed by atoms with Crippen molar-refractivity contribution in [2.45, 2.75) is 13.5 Å². The predicted octanol–water partition coefficient (Wildman–Crippen LogP) is 1.86. The Morgan fingerprint density at radius 2 is 2.27 bits per heavy atom. The van der Waals surface area contributed by atoms with Gasteiger partial charge in [-0.25, -0.2) is 9.97 Å². The summed E-state index contributed by atoms with van der Waals surface area (Å²) in [7, 11) is 0. The maximum Gasteiger partial charge on any atom is 0.212 e. The topological polar surface area (TPSA) is 53.6 Å².